The van der Waals surface area contributed by atoms with Gasteiger partial charge in [-0.05, 0) is 24.2 Å². The molecule has 70 valence electrons. The van der Waals surface area contributed by atoms with E-state index >= 15 is 0 Å². The Hall–Kier alpha value is 0. The van der Waals surface area contributed by atoms with E-state index in [0.29, 0.717) is 0 Å². The summed E-state index contributed by atoms with van der Waals surface area (Å²) in [6.45, 7) is 2.48. The Kier molecular flexibility index (Phi) is 2.73. The smallest absolute Gasteiger partial charge is 0.0360 e. The van der Waals surface area contributed by atoms with Crippen molar-refractivity contribution < 1.29 is 0 Å². The van der Waals surface area contributed by atoms with Crippen molar-refractivity contribution in [3.8, 4) is 0 Å². The van der Waals surface area contributed by atoms with Crippen LogP contribution in [0.25, 0.3) is 0 Å². The third-order valence-electron chi connectivity index (χ3n) is 4.18. The molecule has 0 amide bonds. The lowest BCUT2D eigenvalue weighted by atomic mass is 9.76. The zero-order chi connectivity index (χ0) is 8.39. The maximum Gasteiger partial charge on any atom is -0.0360 e. The summed E-state index contributed by atoms with van der Waals surface area (Å²) in [5, 5.41) is 0. The fourth-order valence-corrected chi connectivity index (χ4v) is 3.44. The third-order valence-corrected chi connectivity index (χ3v) is 4.18. The Morgan fingerprint density at radius 3 is 2.08 bits per heavy atom. The van der Waals surface area contributed by atoms with Crippen LogP contribution in [0.5, 0.6) is 0 Å². The molecule has 0 saturated heterocycles. The zero-order valence-electron chi connectivity index (χ0n) is 8.39. The van der Waals surface area contributed by atoms with E-state index in [2.05, 4.69) is 6.92 Å². The Bertz CT molecular complexity index is 133. The lowest BCUT2D eigenvalue weighted by molar-refractivity contribution is 0.211. The third kappa shape index (κ3) is 1.67. The molecule has 0 aliphatic heterocycles. The molecule has 2 atom stereocenters. The summed E-state index contributed by atoms with van der Waals surface area (Å²) in [6, 6.07) is 0. The van der Waals surface area contributed by atoms with Crippen LogP contribution in [0.1, 0.15) is 58.3 Å². The first-order valence-corrected chi connectivity index (χ1v) is 5.88. The molecule has 2 fully saturated rings. The van der Waals surface area contributed by atoms with Crippen molar-refractivity contribution in [3.63, 3.8) is 0 Å². The first-order valence-electron chi connectivity index (χ1n) is 5.88. The second-order valence-electron chi connectivity index (χ2n) is 4.97. The van der Waals surface area contributed by atoms with Crippen LogP contribution in [0.2, 0.25) is 0 Å². The average molecular weight is 166 g/mol. The molecule has 0 aromatic carbocycles. The van der Waals surface area contributed by atoms with Gasteiger partial charge in [0, 0.05) is 0 Å². The van der Waals surface area contributed by atoms with Crippen LogP contribution < -0.4 is 0 Å². The fourth-order valence-electron chi connectivity index (χ4n) is 3.44. The molecule has 2 aliphatic rings. The van der Waals surface area contributed by atoms with E-state index in [0.717, 1.165) is 17.8 Å². The summed E-state index contributed by atoms with van der Waals surface area (Å²) >= 11 is 0. The fraction of sp³-hybridized carbons (Fsp3) is 1.00. The van der Waals surface area contributed by atoms with Gasteiger partial charge in [-0.3, -0.25) is 0 Å². The van der Waals surface area contributed by atoms with Crippen molar-refractivity contribution in [2.75, 3.05) is 0 Å². The summed E-state index contributed by atoms with van der Waals surface area (Å²) in [5.41, 5.74) is 0. The molecule has 0 radical (unpaired) electrons. The molecule has 0 unspecified atom stereocenters. The van der Waals surface area contributed by atoms with E-state index in [1.807, 2.05) is 0 Å². The lowest BCUT2D eigenvalue weighted by Gasteiger charge is -2.30. The Labute approximate surface area is 76.7 Å². The van der Waals surface area contributed by atoms with Gasteiger partial charge in [0.05, 0.1) is 0 Å². The Morgan fingerprint density at radius 1 is 0.750 bits per heavy atom. The molecular formula is C12H22. The average Bonchev–Trinajstić information content (AvgIpc) is 2.53. The minimum Gasteiger partial charge on any atom is -0.0622 e. The highest BCUT2D eigenvalue weighted by Gasteiger charge is 2.31. The second kappa shape index (κ2) is 3.81. The topological polar surface area (TPSA) is 0 Å². The first kappa shape index (κ1) is 8.59. The minimum absolute atomic E-state index is 1.05. The SMILES string of the molecule is C[C@H]1CCC[C@H]1C1CCCCC1. The highest BCUT2D eigenvalue weighted by Crippen LogP contribution is 2.42. The van der Waals surface area contributed by atoms with Gasteiger partial charge in [0.25, 0.3) is 0 Å². The first-order chi connectivity index (χ1) is 5.88. The van der Waals surface area contributed by atoms with Crippen LogP contribution >= 0.6 is 0 Å². The second-order valence-corrected chi connectivity index (χ2v) is 4.97. The van der Waals surface area contributed by atoms with Crippen LogP contribution in [-0.2, 0) is 0 Å². The van der Waals surface area contributed by atoms with Crippen LogP contribution in [0.15, 0.2) is 0 Å². The van der Waals surface area contributed by atoms with Gasteiger partial charge in [-0.2, -0.15) is 0 Å². The van der Waals surface area contributed by atoms with Crippen LogP contribution in [0.4, 0.5) is 0 Å². The number of rotatable bonds is 1. The molecule has 0 bridgehead atoms. The van der Waals surface area contributed by atoms with Gasteiger partial charge in [0.1, 0.15) is 0 Å². The van der Waals surface area contributed by atoms with Gasteiger partial charge in [-0.1, -0.05) is 51.9 Å². The van der Waals surface area contributed by atoms with Crippen molar-refractivity contribution in [1.29, 1.82) is 0 Å². The molecule has 2 rings (SSSR count). The van der Waals surface area contributed by atoms with Gasteiger partial charge in [-0.15, -0.1) is 0 Å². The van der Waals surface area contributed by atoms with Gasteiger partial charge in [-0.25, -0.2) is 0 Å². The van der Waals surface area contributed by atoms with Crippen molar-refractivity contribution in [1.82, 2.24) is 0 Å². The van der Waals surface area contributed by atoms with Crippen molar-refractivity contribution >= 4 is 0 Å². The van der Waals surface area contributed by atoms with E-state index in [4.69, 9.17) is 0 Å². The molecule has 0 heterocycles. The van der Waals surface area contributed by atoms with E-state index in [1.54, 1.807) is 19.3 Å². The van der Waals surface area contributed by atoms with Gasteiger partial charge < -0.3 is 0 Å². The highest BCUT2D eigenvalue weighted by molar-refractivity contribution is 4.82. The predicted octanol–water partition coefficient (Wildman–Crippen LogP) is 4.00. The monoisotopic (exact) mass is 166 g/mol. The summed E-state index contributed by atoms with van der Waals surface area (Å²) in [6.07, 6.45) is 12.2. The molecule has 0 N–H and O–H groups in total. The van der Waals surface area contributed by atoms with E-state index in [-0.39, 0.29) is 0 Å². The molecule has 0 aromatic rings. The number of hydrogen-bond acceptors (Lipinski definition) is 0. The number of hydrogen-bond donors (Lipinski definition) is 0. The van der Waals surface area contributed by atoms with E-state index < -0.39 is 0 Å². The van der Waals surface area contributed by atoms with Gasteiger partial charge >= 0.3 is 0 Å². The molecular weight excluding hydrogens is 144 g/mol. The van der Waals surface area contributed by atoms with Gasteiger partial charge in [0.15, 0.2) is 0 Å². The van der Waals surface area contributed by atoms with Crippen LogP contribution in [-0.4, -0.2) is 0 Å². The minimum atomic E-state index is 1.05. The Balaban J connectivity index is 1.89. The summed E-state index contributed by atoms with van der Waals surface area (Å²) in [7, 11) is 0. The zero-order valence-corrected chi connectivity index (χ0v) is 8.39. The van der Waals surface area contributed by atoms with Crippen LogP contribution in [0, 0.1) is 17.8 Å². The lowest BCUT2D eigenvalue weighted by Crippen LogP contribution is -2.19. The molecule has 2 saturated carbocycles. The molecule has 0 heteroatoms. The normalized spacial score (nSPS) is 38.8. The maximum absolute atomic E-state index is 2.48. The molecule has 0 nitrogen and oxygen atoms in total. The molecule has 0 spiro atoms. The van der Waals surface area contributed by atoms with Gasteiger partial charge in [0.2, 0.25) is 0 Å². The quantitative estimate of drug-likeness (QED) is 0.552. The predicted molar refractivity (Wildman–Crippen MR) is 53.1 cm³/mol. The largest absolute Gasteiger partial charge is 0.0622 e. The maximum atomic E-state index is 2.48. The molecule has 12 heavy (non-hydrogen) atoms. The highest BCUT2D eigenvalue weighted by atomic mass is 14.4. The summed E-state index contributed by atoms with van der Waals surface area (Å²) in [5.74, 6) is 3.29. The molecule has 2 aliphatic carbocycles. The van der Waals surface area contributed by atoms with Crippen LogP contribution in [0.3, 0.4) is 0 Å². The Morgan fingerprint density at radius 2 is 1.50 bits per heavy atom. The summed E-state index contributed by atoms with van der Waals surface area (Å²) in [4.78, 5) is 0. The van der Waals surface area contributed by atoms with Crippen molar-refractivity contribution in [3.05, 3.63) is 0 Å². The van der Waals surface area contributed by atoms with E-state index in [1.165, 1.54) is 32.1 Å². The van der Waals surface area contributed by atoms with Crippen molar-refractivity contribution in [2.45, 2.75) is 58.3 Å². The van der Waals surface area contributed by atoms with E-state index in [9.17, 15) is 0 Å². The van der Waals surface area contributed by atoms with Crippen molar-refractivity contribution in [2.24, 2.45) is 17.8 Å². The standard InChI is InChI=1S/C12H22/c1-10-6-5-9-12(10)11-7-3-2-4-8-11/h10-12H,2-9H2,1H3/t10-,12+/m0/s1. The molecule has 0 aromatic heterocycles. The summed E-state index contributed by atoms with van der Waals surface area (Å²) < 4.78 is 0.